The summed E-state index contributed by atoms with van der Waals surface area (Å²) in [5.41, 5.74) is 0.371. The molecule has 2 fully saturated rings. The van der Waals surface area contributed by atoms with Crippen molar-refractivity contribution in [2.24, 2.45) is 29.1 Å². The monoisotopic (exact) mass is 520 g/mol. The summed E-state index contributed by atoms with van der Waals surface area (Å²) in [4.78, 5) is 0. The Morgan fingerprint density at radius 3 is 2.09 bits per heavy atom. The summed E-state index contributed by atoms with van der Waals surface area (Å²) in [5.74, 6) is 3.01. The minimum Gasteiger partial charge on any atom is -0.414 e. The molecule has 3 aliphatic carbocycles. The molecule has 0 N–H and O–H groups in total. The van der Waals surface area contributed by atoms with Crippen molar-refractivity contribution in [1.29, 1.82) is 0 Å². The Labute approximate surface area is 221 Å². The van der Waals surface area contributed by atoms with Crippen molar-refractivity contribution in [2.45, 2.75) is 155 Å². The Kier molecular flexibility index (Phi) is 8.20. The van der Waals surface area contributed by atoms with Gasteiger partial charge in [0, 0.05) is 6.10 Å². The highest BCUT2D eigenvalue weighted by Gasteiger charge is 2.55. The van der Waals surface area contributed by atoms with E-state index in [0.29, 0.717) is 22.5 Å². The fourth-order valence-corrected chi connectivity index (χ4v) is 10.4. The quantitative estimate of drug-likeness (QED) is 0.245. The summed E-state index contributed by atoms with van der Waals surface area (Å²) in [6, 6.07) is 0. The molecular formula is C31H60O2Si2. The molecule has 2 saturated carbocycles. The van der Waals surface area contributed by atoms with Gasteiger partial charge in [0.15, 0.2) is 16.6 Å². The Morgan fingerprint density at radius 1 is 0.914 bits per heavy atom. The van der Waals surface area contributed by atoms with Gasteiger partial charge in [0.25, 0.3) is 0 Å². The lowest BCUT2D eigenvalue weighted by atomic mass is 9.61. The fourth-order valence-electron chi connectivity index (χ4n) is 7.40. The molecule has 0 aromatic carbocycles. The second kappa shape index (κ2) is 9.68. The van der Waals surface area contributed by atoms with Crippen LogP contribution in [0.1, 0.15) is 107 Å². The maximum atomic E-state index is 7.10. The van der Waals surface area contributed by atoms with Crippen LogP contribution >= 0.6 is 0 Å². The molecule has 0 saturated heterocycles. The fraction of sp³-hybridized carbons (Fsp3) is 0.935. The molecule has 0 bridgehead atoms. The van der Waals surface area contributed by atoms with E-state index in [1.165, 1.54) is 38.5 Å². The van der Waals surface area contributed by atoms with Crippen molar-refractivity contribution in [2.75, 3.05) is 0 Å². The van der Waals surface area contributed by atoms with Gasteiger partial charge in [0.2, 0.25) is 0 Å². The molecular weight excluding hydrogens is 461 g/mol. The average Bonchev–Trinajstić information content (AvgIpc) is 3.19. The summed E-state index contributed by atoms with van der Waals surface area (Å²) < 4.78 is 14.0. The molecule has 3 rings (SSSR count). The summed E-state index contributed by atoms with van der Waals surface area (Å²) >= 11 is 0. The van der Waals surface area contributed by atoms with Gasteiger partial charge < -0.3 is 8.85 Å². The van der Waals surface area contributed by atoms with Gasteiger partial charge >= 0.3 is 0 Å². The second-order valence-electron chi connectivity index (χ2n) is 16.3. The average molecular weight is 521 g/mol. The van der Waals surface area contributed by atoms with Crippen LogP contribution in [-0.2, 0) is 8.85 Å². The van der Waals surface area contributed by atoms with E-state index in [1.54, 1.807) is 0 Å². The summed E-state index contributed by atoms with van der Waals surface area (Å²) in [7, 11) is -3.51. The molecule has 0 amide bonds. The minimum absolute atomic E-state index is 0.0809. The van der Waals surface area contributed by atoms with Gasteiger partial charge in [-0.25, -0.2) is 0 Å². The minimum atomic E-state index is -1.78. The Balaban J connectivity index is 1.64. The van der Waals surface area contributed by atoms with E-state index < -0.39 is 16.6 Å². The third-order valence-electron chi connectivity index (χ3n) is 11.4. The van der Waals surface area contributed by atoms with Crippen LogP contribution in [0, 0.1) is 29.1 Å². The van der Waals surface area contributed by atoms with Gasteiger partial charge in [-0.3, -0.25) is 0 Å². The van der Waals surface area contributed by atoms with Crippen LogP contribution in [0.2, 0.25) is 36.3 Å². The van der Waals surface area contributed by atoms with Crippen molar-refractivity contribution in [3.63, 3.8) is 0 Å². The zero-order valence-electron chi connectivity index (χ0n) is 25.8. The van der Waals surface area contributed by atoms with Crippen LogP contribution in [0.15, 0.2) is 12.2 Å². The van der Waals surface area contributed by atoms with Crippen LogP contribution in [0.25, 0.3) is 0 Å². The van der Waals surface area contributed by atoms with Crippen LogP contribution in [-0.4, -0.2) is 28.3 Å². The van der Waals surface area contributed by atoms with E-state index in [9.17, 15) is 0 Å². The standard InChI is InChI=1S/C31H60O2Si2/c1-23(21-24-18-20-30(8,22-24)33-35(12,13)29(5,6)7)25-16-17-26-27(15-14-19-31(25,26)9)32-34(10,11)28(2,3)4/h18,20,23-27H,14-17,19,21-22H2,1-13H3/t23-,24+,25-,26?,27?,30+,31+/m1/s1. The predicted molar refractivity (Wildman–Crippen MR) is 158 cm³/mol. The van der Waals surface area contributed by atoms with Gasteiger partial charge in [-0.05, 0) is 111 Å². The van der Waals surface area contributed by atoms with E-state index in [2.05, 4.69) is 101 Å². The van der Waals surface area contributed by atoms with Crippen LogP contribution in [0.5, 0.6) is 0 Å². The third kappa shape index (κ3) is 6.06. The first-order valence-corrected chi connectivity index (χ1v) is 20.6. The lowest BCUT2D eigenvalue weighted by Crippen LogP contribution is -2.50. The van der Waals surface area contributed by atoms with Crippen LogP contribution in [0.4, 0.5) is 0 Å². The maximum Gasteiger partial charge on any atom is 0.193 e. The lowest BCUT2D eigenvalue weighted by molar-refractivity contribution is -0.0224. The van der Waals surface area contributed by atoms with Crippen LogP contribution < -0.4 is 0 Å². The number of fused-ring (bicyclic) bond motifs is 1. The molecule has 3 aliphatic rings. The highest BCUT2D eigenvalue weighted by atomic mass is 28.4. The Hall–Kier alpha value is 0.0938. The smallest absolute Gasteiger partial charge is 0.193 e. The molecule has 35 heavy (non-hydrogen) atoms. The number of hydrogen-bond donors (Lipinski definition) is 0. The first-order chi connectivity index (χ1) is 15.7. The maximum absolute atomic E-state index is 7.10. The molecule has 0 heterocycles. The molecule has 0 aliphatic heterocycles. The van der Waals surface area contributed by atoms with Gasteiger partial charge in [-0.1, -0.05) is 74.0 Å². The summed E-state index contributed by atoms with van der Waals surface area (Å²) in [5, 5.41) is 0.548. The molecule has 0 aromatic rings. The second-order valence-corrected chi connectivity index (χ2v) is 25.8. The topological polar surface area (TPSA) is 18.5 Å². The van der Waals surface area contributed by atoms with Gasteiger partial charge in [0.1, 0.15) is 0 Å². The van der Waals surface area contributed by atoms with Crippen LogP contribution in [0.3, 0.4) is 0 Å². The van der Waals surface area contributed by atoms with E-state index >= 15 is 0 Å². The predicted octanol–water partition coefficient (Wildman–Crippen LogP) is 9.98. The normalized spacial score (nSPS) is 37.5. The SMILES string of the molecule is C[C@H](C[C@@H]1C=C[C@](C)(O[Si](C)(C)C(C)(C)C)C1)[C@H]1CCC2C(O[Si](C)(C)C(C)(C)C)CCC[C@]21C. The van der Waals surface area contributed by atoms with Crippen molar-refractivity contribution >= 4 is 16.6 Å². The summed E-state index contributed by atoms with van der Waals surface area (Å²) in [6.07, 6.45) is 14.7. The molecule has 7 atom stereocenters. The lowest BCUT2D eigenvalue weighted by Gasteiger charge is -2.50. The van der Waals surface area contributed by atoms with E-state index in [0.717, 1.165) is 24.2 Å². The van der Waals surface area contributed by atoms with Crippen molar-refractivity contribution in [3.05, 3.63) is 12.2 Å². The molecule has 0 spiro atoms. The number of hydrogen-bond acceptors (Lipinski definition) is 2. The van der Waals surface area contributed by atoms with Crippen molar-refractivity contribution in [3.8, 4) is 0 Å². The molecule has 204 valence electrons. The van der Waals surface area contributed by atoms with Gasteiger partial charge in [0.05, 0.1) is 5.60 Å². The summed E-state index contributed by atoms with van der Waals surface area (Å²) in [6.45, 7) is 31.4. The Bertz CT molecular complexity index is 774. The number of rotatable bonds is 7. The van der Waals surface area contributed by atoms with E-state index in [4.69, 9.17) is 8.85 Å². The van der Waals surface area contributed by atoms with E-state index in [1.807, 2.05) is 0 Å². The highest BCUT2D eigenvalue weighted by molar-refractivity contribution is 6.74. The molecule has 2 unspecified atom stereocenters. The highest BCUT2D eigenvalue weighted by Crippen LogP contribution is 2.60. The molecule has 0 aromatic heterocycles. The first-order valence-electron chi connectivity index (χ1n) is 14.8. The number of allylic oxidation sites excluding steroid dienone is 1. The van der Waals surface area contributed by atoms with Gasteiger partial charge in [-0.2, -0.15) is 0 Å². The van der Waals surface area contributed by atoms with E-state index in [-0.39, 0.29) is 10.6 Å². The molecule has 4 heteroatoms. The molecule has 2 nitrogen and oxygen atoms in total. The Morgan fingerprint density at radius 2 is 1.51 bits per heavy atom. The zero-order valence-corrected chi connectivity index (χ0v) is 27.8. The van der Waals surface area contributed by atoms with Gasteiger partial charge in [-0.15, -0.1) is 0 Å². The largest absolute Gasteiger partial charge is 0.414 e. The van der Waals surface area contributed by atoms with Crippen molar-refractivity contribution in [1.82, 2.24) is 0 Å². The third-order valence-corrected chi connectivity index (χ3v) is 20.5. The van der Waals surface area contributed by atoms with Crippen molar-refractivity contribution < 1.29 is 8.85 Å². The zero-order chi connectivity index (χ0) is 26.7. The molecule has 0 radical (unpaired) electrons. The first kappa shape index (κ1) is 29.6.